The smallest absolute Gasteiger partial charge is 0.407 e. The van der Waals surface area contributed by atoms with Crippen molar-refractivity contribution in [2.75, 3.05) is 33.8 Å². The van der Waals surface area contributed by atoms with Gasteiger partial charge in [-0.25, -0.2) is 14.4 Å². The number of ether oxygens (including phenoxy) is 3. The second-order valence-corrected chi connectivity index (χ2v) is 19.7. The van der Waals surface area contributed by atoms with Crippen molar-refractivity contribution in [1.82, 2.24) is 31.1 Å². The van der Waals surface area contributed by atoms with Gasteiger partial charge in [0, 0.05) is 56.6 Å². The molecule has 18 nitrogen and oxygen atoms in total. The third kappa shape index (κ3) is 19.0. The highest BCUT2D eigenvalue weighted by molar-refractivity contribution is 6.30. The van der Waals surface area contributed by atoms with Gasteiger partial charge in [0.15, 0.2) is 6.10 Å². The van der Waals surface area contributed by atoms with E-state index in [4.69, 9.17) is 30.9 Å². The molecule has 392 valence electrons. The molecule has 0 saturated carbocycles. The number of likely N-dealkylation sites (N-methyl/N-ethyl adjacent to an activating group) is 2. The number of amides is 6. The van der Waals surface area contributed by atoms with Crippen molar-refractivity contribution in [2.24, 2.45) is 17.8 Å². The molecule has 1 aliphatic heterocycles. The van der Waals surface area contributed by atoms with Gasteiger partial charge in [-0.15, -0.1) is 0 Å². The number of benzene rings is 1. The number of carbonyl (C=O) groups excluding carboxylic acids is 8. The number of aliphatic hydroxyl groups is 1. The van der Waals surface area contributed by atoms with Crippen molar-refractivity contribution in [3.05, 3.63) is 58.1 Å². The summed E-state index contributed by atoms with van der Waals surface area (Å²) in [6.45, 7) is 18.1. The Hall–Kier alpha value is -5.49. The first kappa shape index (κ1) is 60.6. The molecule has 1 aromatic rings. The Morgan fingerprint density at radius 1 is 0.971 bits per heavy atom. The lowest BCUT2D eigenvalue weighted by molar-refractivity contribution is -0.160. The number of esters is 2. The number of rotatable bonds is 13. The lowest BCUT2D eigenvalue weighted by Crippen LogP contribution is -2.60. The maximum absolute atomic E-state index is 14.3. The van der Waals surface area contributed by atoms with Crippen LogP contribution in [0.4, 0.5) is 4.79 Å². The molecule has 0 spiro atoms. The average molecular weight is 1000 g/mol. The Kier molecular flexibility index (Phi) is 25.1. The number of allylic oxidation sites excluding steroid dienone is 1. The Balaban J connectivity index is 2.76. The summed E-state index contributed by atoms with van der Waals surface area (Å²) in [7, 11) is 2.80. The van der Waals surface area contributed by atoms with E-state index in [9.17, 15) is 38.4 Å². The van der Waals surface area contributed by atoms with Crippen LogP contribution >= 0.6 is 11.6 Å². The van der Waals surface area contributed by atoms with Gasteiger partial charge in [-0.3, -0.25) is 24.0 Å². The molecule has 0 aliphatic carbocycles. The number of carbonyl (C=O) groups is 8. The molecule has 19 heteroatoms. The van der Waals surface area contributed by atoms with Crippen LogP contribution in [0.1, 0.15) is 120 Å². The summed E-state index contributed by atoms with van der Waals surface area (Å²) >= 11 is 6.15. The fraction of sp³-hybridized carbons (Fsp3) is 0.647. The molecule has 0 aromatic heterocycles. The molecule has 8 atom stereocenters. The van der Waals surface area contributed by atoms with Crippen LogP contribution in [0, 0.1) is 17.8 Å². The topological polar surface area (TPSA) is 239 Å². The fourth-order valence-electron chi connectivity index (χ4n) is 7.59. The summed E-state index contributed by atoms with van der Waals surface area (Å²) < 4.78 is 17.9. The molecule has 5 N–H and O–H groups in total. The highest BCUT2D eigenvalue weighted by Crippen LogP contribution is 2.27. The van der Waals surface area contributed by atoms with Gasteiger partial charge in [-0.1, -0.05) is 76.9 Å². The van der Waals surface area contributed by atoms with Gasteiger partial charge in [0.1, 0.15) is 35.9 Å². The second kappa shape index (κ2) is 29.0. The molecule has 2 rings (SSSR count). The van der Waals surface area contributed by atoms with Crippen LogP contribution in [0.5, 0.6) is 0 Å². The number of nitrogens with zero attached hydrogens (tertiary/aromatic N) is 2. The van der Waals surface area contributed by atoms with E-state index in [2.05, 4.69) is 21.3 Å². The molecule has 0 unspecified atom stereocenters. The molecule has 1 aliphatic rings. The first-order valence-electron chi connectivity index (χ1n) is 24.2. The van der Waals surface area contributed by atoms with Gasteiger partial charge in [-0.2, -0.15) is 0 Å². The van der Waals surface area contributed by atoms with Crippen LogP contribution in [0.15, 0.2) is 47.6 Å². The number of cyclic esters (lactones) is 2. The number of hydrogen-bond donors (Lipinski definition) is 5. The van der Waals surface area contributed by atoms with Crippen molar-refractivity contribution in [3.63, 3.8) is 0 Å². The summed E-state index contributed by atoms with van der Waals surface area (Å²) in [6, 6.07) is 3.13. The van der Waals surface area contributed by atoms with E-state index in [0.717, 1.165) is 4.90 Å². The molecule has 1 heterocycles. The number of aliphatic hydroxyl groups excluding tert-OH is 1. The summed E-state index contributed by atoms with van der Waals surface area (Å²) in [5.41, 5.74) is -0.351. The summed E-state index contributed by atoms with van der Waals surface area (Å²) in [4.78, 5) is 114. The molecular formula is C51H79ClN6O12. The van der Waals surface area contributed by atoms with E-state index >= 15 is 0 Å². The summed E-state index contributed by atoms with van der Waals surface area (Å²) in [5.74, 6) is -6.40. The van der Waals surface area contributed by atoms with Gasteiger partial charge in [0.25, 0.3) is 5.91 Å². The SMILES string of the molecule is C/C=C(\C)[C@H]1OC(=O)C(C)(C)NC(=O)[C@H]([C@H](C)CC)NC(=O)CN(C)C(=O)[C@@H](Cc2ccc(Cl)cc2)N(C)C(=O)[C@H](C)NC(=O)[C@@H](CC(C)C)OC(=O)/C(C)=C/C[C@H](OC(=O)NCCCCCO)[C@@H]1C. The van der Waals surface area contributed by atoms with Crippen molar-refractivity contribution in [3.8, 4) is 0 Å². The van der Waals surface area contributed by atoms with Crippen molar-refractivity contribution in [1.29, 1.82) is 0 Å². The van der Waals surface area contributed by atoms with Gasteiger partial charge in [-0.05, 0) is 102 Å². The van der Waals surface area contributed by atoms with E-state index in [1.807, 2.05) is 20.8 Å². The fourth-order valence-corrected chi connectivity index (χ4v) is 7.72. The zero-order chi connectivity index (χ0) is 53.0. The molecule has 0 bridgehead atoms. The summed E-state index contributed by atoms with van der Waals surface area (Å²) in [6.07, 6.45) is 1.40. The van der Waals surface area contributed by atoms with Crippen LogP contribution < -0.4 is 21.3 Å². The number of unbranched alkanes of at least 4 members (excludes halogenated alkanes) is 2. The number of hydrogen-bond acceptors (Lipinski definition) is 12. The summed E-state index contributed by atoms with van der Waals surface area (Å²) in [5, 5.41) is 20.5. The number of halogens is 1. The number of alkyl carbamates (subject to hydrolysis) is 1. The highest BCUT2D eigenvalue weighted by atomic mass is 35.5. The van der Waals surface area contributed by atoms with Crippen LogP contribution in [-0.4, -0.2) is 138 Å². The van der Waals surface area contributed by atoms with Crippen molar-refractivity contribution < 1.29 is 57.7 Å². The van der Waals surface area contributed by atoms with Crippen LogP contribution in [0.2, 0.25) is 5.02 Å². The number of nitrogens with one attached hydrogen (secondary N) is 4. The third-order valence-electron chi connectivity index (χ3n) is 12.5. The second-order valence-electron chi connectivity index (χ2n) is 19.3. The molecule has 70 heavy (non-hydrogen) atoms. The van der Waals surface area contributed by atoms with Crippen LogP contribution in [-0.2, 0) is 54.2 Å². The van der Waals surface area contributed by atoms with E-state index in [1.54, 1.807) is 58.0 Å². The Morgan fingerprint density at radius 3 is 2.20 bits per heavy atom. The average Bonchev–Trinajstić information content (AvgIpc) is 3.30. The minimum Gasteiger partial charge on any atom is -0.456 e. The van der Waals surface area contributed by atoms with E-state index in [0.29, 0.717) is 41.8 Å². The first-order valence-corrected chi connectivity index (χ1v) is 24.6. The molecule has 0 radical (unpaired) electrons. The zero-order valence-corrected chi connectivity index (χ0v) is 44.2. The third-order valence-corrected chi connectivity index (χ3v) is 12.7. The lowest BCUT2D eigenvalue weighted by Gasteiger charge is -2.35. The maximum atomic E-state index is 14.3. The zero-order valence-electron chi connectivity index (χ0n) is 43.4. The van der Waals surface area contributed by atoms with Gasteiger partial charge in [0.05, 0.1) is 6.54 Å². The quantitative estimate of drug-likeness (QED) is 0.0744. The van der Waals surface area contributed by atoms with E-state index < -0.39 is 108 Å². The maximum Gasteiger partial charge on any atom is 0.407 e. The van der Waals surface area contributed by atoms with Crippen molar-refractivity contribution >= 4 is 59.2 Å². The first-order chi connectivity index (χ1) is 32.8. The van der Waals surface area contributed by atoms with Crippen molar-refractivity contribution in [2.45, 2.75) is 163 Å². The predicted molar refractivity (Wildman–Crippen MR) is 266 cm³/mol. The molecule has 1 aromatic carbocycles. The minimum absolute atomic E-state index is 0.00233. The molecule has 6 amide bonds. The van der Waals surface area contributed by atoms with Gasteiger partial charge >= 0.3 is 18.0 Å². The molecule has 0 fully saturated rings. The highest BCUT2D eigenvalue weighted by Gasteiger charge is 2.41. The standard InChI is InChI=1S/C51H79ClN6O12/c1-14-31(5)42-45(62)56-51(10,11)49(66)70-43(32(6)15-2)34(8)39(69-50(67)53-25-17-16-18-26-59)24-19-33(7)48(65)68-40(27-30(3)4)44(61)54-35(9)46(63)58(13)38(28-36-20-22-37(52)23-21-36)47(64)57(12)29-41(60)55-42/h15,19-23,30-31,34-35,38-40,42-43,59H,14,16-18,24-29H2,1-13H3,(H,53,67)(H,54,61)(H,55,60)(H,56,62)/b32-15+,33-19+/t31-,34+,35+,38-,39+,40-,42+,43-/m1/s1. The predicted octanol–water partition coefficient (Wildman–Crippen LogP) is 5.18. The van der Waals surface area contributed by atoms with E-state index in [1.165, 1.54) is 52.8 Å². The van der Waals surface area contributed by atoms with E-state index in [-0.39, 0.29) is 43.9 Å². The van der Waals surface area contributed by atoms with Crippen LogP contribution in [0.3, 0.4) is 0 Å². The molecular weight excluding hydrogens is 924 g/mol. The largest absolute Gasteiger partial charge is 0.456 e. The van der Waals surface area contributed by atoms with Gasteiger partial charge < -0.3 is 50.4 Å². The Morgan fingerprint density at radius 2 is 1.61 bits per heavy atom. The van der Waals surface area contributed by atoms with Gasteiger partial charge in [0.2, 0.25) is 23.6 Å². The molecule has 0 saturated heterocycles. The Labute approximate surface area is 419 Å². The minimum atomic E-state index is -1.66. The Bertz CT molecular complexity index is 2020. The van der Waals surface area contributed by atoms with Crippen LogP contribution in [0.25, 0.3) is 0 Å². The monoisotopic (exact) mass is 1000 g/mol. The lowest BCUT2D eigenvalue weighted by atomic mass is 9.90. The normalized spacial score (nSPS) is 25.7.